The van der Waals surface area contributed by atoms with Crippen molar-refractivity contribution in [2.45, 2.75) is 69.2 Å². The zero-order chi connectivity index (χ0) is 26.6. The predicted molar refractivity (Wildman–Crippen MR) is 149 cm³/mol. The number of hydrogen-bond acceptors (Lipinski definition) is 3. The van der Waals surface area contributed by atoms with Gasteiger partial charge in [-0.3, -0.25) is 4.99 Å². The van der Waals surface area contributed by atoms with Crippen molar-refractivity contribution >= 4 is 43.0 Å². The molecule has 1 heterocycles. The molecule has 0 aliphatic heterocycles. The molecule has 7 heteroatoms. The number of nitrogens with zero attached hydrogens (tertiary/aromatic N) is 4. The molecule has 0 bridgehead atoms. The van der Waals surface area contributed by atoms with Crippen LogP contribution in [-0.4, -0.2) is 21.0 Å². The maximum absolute atomic E-state index is 5.01. The number of hydrogen-bond donors (Lipinski definition) is 0. The van der Waals surface area contributed by atoms with E-state index in [4.69, 9.17) is 35.2 Å². The van der Waals surface area contributed by atoms with Crippen molar-refractivity contribution in [3.05, 3.63) is 74.4 Å². The summed E-state index contributed by atoms with van der Waals surface area (Å²) in [6.45, 7) is 21.2. The third-order valence-electron chi connectivity index (χ3n) is 6.78. The first-order valence-electron chi connectivity index (χ1n) is 11.5. The van der Waals surface area contributed by atoms with Crippen LogP contribution in [0.4, 0.5) is 11.4 Å². The van der Waals surface area contributed by atoms with Gasteiger partial charge in [0, 0.05) is 13.2 Å². The standard InChI is InChI=1S/C28H36N4.2ClH.Fe/c1-15-12-16(2)20(6)26(19(15)5)29-23(9)25-14-32(11)28(31-25)24(10)30-27-21(7)17(3)13-18(4)22(27)8;;;/h12-14H,1-11H3;2*1H;/q;;;+2/p-2. The molecule has 4 nitrogen and oxygen atoms in total. The van der Waals surface area contributed by atoms with Crippen LogP contribution in [0.3, 0.4) is 0 Å². The van der Waals surface area contributed by atoms with Gasteiger partial charge in [-0.25, -0.2) is 9.98 Å². The average Bonchev–Trinajstić information content (AvgIpc) is 3.19. The summed E-state index contributed by atoms with van der Waals surface area (Å²) in [6.07, 6.45) is 2.04. The Kier molecular flexibility index (Phi) is 10.4. The van der Waals surface area contributed by atoms with E-state index < -0.39 is 0 Å². The summed E-state index contributed by atoms with van der Waals surface area (Å²) in [5.41, 5.74) is 14.8. The van der Waals surface area contributed by atoms with Crippen LogP contribution in [0.5, 0.6) is 0 Å². The first-order valence-corrected chi connectivity index (χ1v) is 14.5. The van der Waals surface area contributed by atoms with Gasteiger partial charge in [0.2, 0.25) is 0 Å². The Morgan fingerprint density at radius 3 is 1.43 bits per heavy atom. The number of aryl methyl sites for hydroxylation is 5. The normalized spacial score (nSPS) is 12.1. The first-order chi connectivity index (χ1) is 16.3. The Labute approximate surface area is 225 Å². The fraction of sp³-hybridized carbons (Fsp3) is 0.393. The molecule has 0 fully saturated rings. The molecule has 2 aromatic carbocycles. The topological polar surface area (TPSA) is 42.5 Å². The zero-order valence-corrected chi connectivity index (χ0v) is 25.2. The van der Waals surface area contributed by atoms with Gasteiger partial charge in [-0.2, -0.15) is 0 Å². The number of aliphatic imine (C=N–C) groups is 2. The number of rotatable bonds is 4. The Morgan fingerprint density at radius 2 is 1.06 bits per heavy atom. The second-order valence-electron chi connectivity index (χ2n) is 9.22. The van der Waals surface area contributed by atoms with Crippen LogP contribution < -0.4 is 0 Å². The molecule has 0 aliphatic carbocycles. The van der Waals surface area contributed by atoms with E-state index in [0.717, 1.165) is 34.3 Å². The van der Waals surface area contributed by atoms with Gasteiger partial charge in [0.15, 0.2) is 5.82 Å². The summed E-state index contributed by atoms with van der Waals surface area (Å²) in [6, 6.07) is 4.46. The Morgan fingerprint density at radius 1 is 0.714 bits per heavy atom. The summed E-state index contributed by atoms with van der Waals surface area (Å²) in [5.74, 6) is 0.862. The number of benzene rings is 2. The molecule has 0 aliphatic rings. The first kappa shape index (κ1) is 29.3. The van der Waals surface area contributed by atoms with E-state index in [-0.39, 0.29) is 13.1 Å². The van der Waals surface area contributed by atoms with Crippen LogP contribution in [0.25, 0.3) is 0 Å². The number of halogens is 2. The van der Waals surface area contributed by atoms with E-state index in [0.29, 0.717) is 0 Å². The molecule has 3 rings (SSSR count). The van der Waals surface area contributed by atoms with Crippen molar-refractivity contribution in [3.63, 3.8) is 0 Å². The third kappa shape index (κ3) is 6.65. The van der Waals surface area contributed by atoms with E-state index in [1.165, 1.54) is 44.5 Å². The molecule has 0 saturated carbocycles. The van der Waals surface area contributed by atoms with Gasteiger partial charge in [-0.15, -0.1) is 0 Å². The minimum atomic E-state index is 0.194. The van der Waals surface area contributed by atoms with Crippen LogP contribution in [0.1, 0.15) is 69.9 Å². The SMILES string of the molecule is CC(=Nc1c(C)c(C)cc(C)c1C)c1cn(C)c(C(C)=Nc2c(C)c(C)cc(C)c2C)n1.[Cl][Fe][Cl]. The molecule has 35 heavy (non-hydrogen) atoms. The van der Waals surface area contributed by atoms with Gasteiger partial charge in [0.05, 0.1) is 22.8 Å². The molecule has 0 amide bonds. The Balaban J connectivity index is 0.00000137. The van der Waals surface area contributed by atoms with Crippen LogP contribution in [0.15, 0.2) is 28.3 Å². The van der Waals surface area contributed by atoms with Gasteiger partial charge < -0.3 is 4.57 Å². The summed E-state index contributed by atoms with van der Waals surface area (Å²) in [7, 11) is 11.5. The van der Waals surface area contributed by atoms with E-state index in [9.17, 15) is 0 Å². The monoisotopic (exact) mass is 554 g/mol. The molecule has 0 radical (unpaired) electrons. The fourth-order valence-electron chi connectivity index (χ4n) is 4.15. The van der Waals surface area contributed by atoms with Crippen molar-refractivity contribution in [1.29, 1.82) is 0 Å². The van der Waals surface area contributed by atoms with Gasteiger partial charge in [0.25, 0.3) is 0 Å². The summed E-state index contributed by atoms with van der Waals surface area (Å²) >= 11 is 0.194. The van der Waals surface area contributed by atoms with Crippen LogP contribution in [0, 0.1) is 55.4 Å². The molecule has 3 aromatic rings. The van der Waals surface area contributed by atoms with E-state index in [1.807, 2.05) is 31.7 Å². The fourth-order valence-corrected chi connectivity index (χ4v) is 4.15. The summed E-state index contributed by atoms with van der Waals surface area (Å²) in [5, 5.41) is 0. The second kappa shape index (κ2) is 12.4. The molecular weight excluding hydrogens is 519 g/mol. The van der Waals surface area contributed by atoms with E-state index in [1.54, 1.807) is 0 Å². The van der Waals surface area contributed by atoms with Crippen molar-refractivity contribution < 1.29 is 13.1 Å². The van der Waals surface area contributed by atoms with Crippen molar-refractivity contribution in [2.75, 3.05) is 0 Å². The minimum absolute atomic E-state index is 0.194. The van der Waals surface area contributed by atoms with E-state index >= 15 is 0 Å². The van der Waals surface area contributed by atoms with Crippen molar-refractivity contribution in [1.82, 2.24) is 9.55 Å². The summed E-state index contributed by atoms with van der Waals surface area (Å²) < 4.78 is 2.04. The second-order valence-corrected chi connectivity index (χ2v) is 11.0. The van der Waals surface area contributed by atoms with Crippen LogP contribution >= 0.6 is 20.2 Å². The molecule has 0 spiro atoms. The molecule has 190 valence electrons. The van der Waals surface area contributed by atoms with Gasteiger partial charge in [0.1, 0.15) is 5.69 Å². The Bertz CT molecular complexity index is 1250. The quantitative estimate of drug-likeness (QED) is 0.235. The van der Waals surface area contributed by atoms with Crippen LogP contribution in [-0.2, 0) is 20.2 Å². The van der Waals surface area contributed by atoms with Crippen molar-refractivity contribution in [3.8, 4) is 0 Å². The van der Waals surface area contributed by atoms with E-state index in [2.05, 4.69) is 67.5 Å². The number of aromatic nitrogens is 2. The van der Waals surface area contributed by atoms with Gasteiger partial charge >= 0.3 is 33.3 Å². The van der Waals surface area contributed by atoms with Gasteiger partial charge in [-0.05, 0) is 114 Å². The third-order valence-corrected chi connectivity index (χ3v) is 6.78. The summed E-state index contributed by atoms with van der Waals surface area (Å²) in [4.78, 5) is 14.9. The average molecular weight is 555 g/mol. The number of imidazole rings is 1. The molecule has 0 saturated heterocycles. The molecule has 1 aromatic heterocycles. The van der Waals surface area contributed by atoms with Crippen molar-refractivity contribution in [2.24, 2.45) is 17.0 Å². The molecular formula is C28H36Cl2FeN4. The molecule has 0 atom stereocenters. The Hall–Kier alpha value is -1.91. The maximum atomic E-state index is 5.01. The van der Waals surface area contributed by atoms with Gasteiger partial charge in [-0.1, -0.05) is 12.1 Å². The van der Waals surface area contributed by atoms with Crippen LogP contribution in [0.2, 0.25) is 0 Å². The predicted octanol–water partition coefficient (Wildman–Crippen LogP) is 8.55. The molecule has 0 unspecified atom stereocenters. The zero-order valence-electron chi connectivity index (χ0n) is 22.6. The molecule has 0 N–H and O–H groups in total.